The highest BCUT2D eigenvalue weighted by Crippen LogP contribution is 2.38. The van der Waals surface area contributed by atoms with Gasteiger partial charge >= 0.3 is 0 Å². The van der Waals surface area contributed by atoms with Crippen LogP contribution in [0.4, 0.5) is 0 Å². The van der Waals surface area contributed by atoms with Crippen molar-refractivity contribution in [3.05, 3.63) is 69.5 Å². The minimum Gasteiger partial charge on any atom is -0.379 e. The van der Waals surface area contributed by atoms with E-state index < -0.39 is 0 Å². The van der Waals surface area contributed by atoms with E-state index in [9.17, 15) is 9.59 Å². The summed E-state index contributed by atoms with van der Waals surface area (Å²) < 4.78 is 5.36. The minimum absolute atomic E-state index is 0.0471. The lowest BCUT2D eigenvalue weighted by atomic mass is 10.0. The number of hydrogen-bond donors (Lipinski definition) is 2. The Balaban J connectivity index is 1.28. The first-order valence-corrected chi connectivity index (χ1v) is 10.6. The monoisotopic (exact) mass is 403 g/mol. The molecule has 0 radical (unpaired) electrons. The Kier molecular flexibility index (Phi) is 5.11. The van der Waals surface area contributed by atoms with Crippen molar-refractivity contribution < 1.29 is 9.53 Å². The summed E-state index contributed by atoms with van der Waals surface area (Å²) in [5.41, 5.74) is 4.70. The molecule has 6 nitrogen and oxygen atoms in total. The number of morpholine rings is 1. The number of pyridine rings is 1. The Hall–Kier alpha value is -2.96. The van der Waals surface area contributed by atoms with Gasteiger partial charge in [-0.1, -0.05) is 24.3 Å². The number of carbonyl (C=O) groups is 1. The van der Waals surface area contributed by atoms with Crippen LogP contribution in [0.2, 0.25) is 0 Å². The fourth-order valence-electron chi connectivity index (χ4n) is 4.50. The van der Waals surface area contributed by atoms with E-state index in [2.05, 4.69) is 15.2 Å². The van der Waals surface area contributed by atoms with Gasteiger partial charge < -0.3 is 15.0 Å². The molecule has 3 aromatic rings. The molecule has 1 aliphatic heterocycles. The Bertz CT molecular complexity index is 1160. The highest BCUT2D eigenvalue weighted by atomic mass is 16.5. The average Bonchev–Trinajstić information content (AvgIpc) is 3.15. The van der Waals surface area contributed by atoms with Crippen molar-refractivity contribution in [2.75, 3.05) is 39.4 Å². The van der Waals surface area contributed by atoms with Crippen LogP contribution in [0.5, 0.6) is 0 Å². The van der Waals surface area contributed by atoms with Crippen molar-refractivity contribution in [1.82, 2.24) is 15.2 Å². The van der Waals surface area contributed by atoms with E-state index in [0.29, 0.717) is 17.5 Å². The largest absolute Gasteiger partial charge is 0.379 e. The molecule has 1 aromatic heterocycles. The maximum absolute atomic E-state index is 12.6. The van der Waals surface area contributed by atoms with Gasteiger partial charge in [0.1, 0.15) is 0 Å². The third-order valence-corrected chi connectivity index (χ3v) is 6.08. The summed E-state index contributed by atoms with van der Waals surface area (Å²) >= 11 is 0. The summed E-state index contributed by atoms with van der Waals surface area (Å²) in [7, 11) is 0. The number of hydrogen-bond acceptors (Lipinski definition) is 4. The molecule has 2 N–H and O–H groups in total. The first-order chi connectivity index (χ1) is 14.7. The SMILES string of the molecule is O=C(NCCCN1CCOCC1)c1ccc2c(c1)Cc1c-2[nH]c(=O)c2ccccc12. The molecule has 6 heteroatoms. The Morgan fingerprint density at radius 2 is 1.90 bits per heavy atom. The van der Waals surface area contributed by atoms with Gasteiger partial charge in [-0.2, -0.15) is 0 Å². The number of benzene rings is 2. The van der Waals surface area contributed by atoms with Crippen LogP contribution in [-0.4, -0.2) is 55.2 Å². The molecule has 0 saturated carbocycles. The lowest BCUT2D eigenvalue weighted by Gasteiger charge is -2.26. The predicted octanol–water partition coefficient (Wildman–Crippen LogP) is 2.55. The first-order valence-electron chi connectivity index (χ1n) is 10.6. The van der Waals surface area contributed by atoms with Gasteiger partial charge in [0.15, 0.2) is 0 Å². The summed E-state index contributed by atoms with van der Waals surface area (Å²) in [4.78, 5) is 30.5. The van der Waals surface area contributed by atoms with Gasteiger partial charge in [0.2, 0.25) is 0 Å². The van der Waals surface area contributed by atoms with Crippen molar-refractivity contribution in [3.63, 3.8) is 0 Å². The van der Waals surface area contributed by atoms with E-state index in [1.807, 2.05) is 42.5 Å². The van der Waals surface area contributed by atoms with E-state index in [1.165, 1.54) is 0 Å². The van der Waals surface area contributed by atoms with Gasteiger partial charge in [0.25, 0.3) is 11.5 Å². The van der Waals surface area contributed by atoms with Crippen LogP contribution in [0.15, 0.2) is 47.3 Å². The summed E-state index contributed by atoms with van der Waals surface area (Å²) in [5, 5.41) is 4.73. The first kappa shape index (κ1) is 19.0. The van der Waals surface area contributed by atoms with E-state index in [-0.39, 0.29) is 11.5 Å². The molecule has 1 saturated heterocycles. The van der Waals surface area contributed by atoms with Crippen molar-refractivity contribution in [3.8, 4) is 11.3 Å². The number of rotatable bonds is 5. The second-order valence-corrected chi connectivity index (χ2v) is 7.97. The number of nitrogens with one attached hydrogen (secondary N) is 2. The van der Waals surface area contributed by atoms with Crippen molar-refractivity contribution >= 4 is 16.7 Å². The number of carbonyl (C=O) groups excluding carboxylic acids is 1. The fraction of sp³-hybridized carbons (Fsp3) is 0.333. The van der Waals surface area contributed by atoms with E-state index in [0.717, 1.165) is 73.5 Å². The number of nitrogens with zero attached hydrogens (tertiary/aromatic N) is 1. The molecule has 154 valence electrons. The molecule has 2 aromatic carbocycles. The van der Waals surface area contributed by atoms with Gasteiger partial charge in [-0.05, 0) is 47.7 Å². The standard InChI is InChI=1S/C24H25N3O3/c28-23(25-8-3-9-27-10-12-30-13-11-27)16-6-7-18-17(14-16)15-21-19-4-1-2-5-20(19)24(29)26-22(18)21/h1-2,4-7,14H,3,8-13,15H2,(H,25,28)(H,26,29). The molecular weight excluding hydrogens is 378 g/mol. The molecule has 30 heavy (non-hydrogen) atoms. The maximum Gasteiger partial charge on any atom is 0.256 e. The zero-order chi connectivity index (χ0) is 20.5. The Morgan fingerprint density at radius 3 is 2.73 bits per heavy atom. The molecule has 2 aliphatic rings. The molecule has 0 atom stereocenters. The topological polar surface area (TPSA) is 74.4 Å². The number of ether oxygens (including phenoxy) is 1. The molecule has 1 aliphatic carbocycles. The number of H-pyrrole nitrogens is 1. The second kappa shape index (κ2) is 8.05. The smallest absolute Gasteiger partial charge is 0.256 e. The lowest BCUT2D eigenvalue weighted by molar-refractivity contribution is 0.0374. The lowest BCUT2D eigenvalue weighted by Crippen LogP contribution is -2.38. The van der Waals surface area contributed by atoms with Crippen LogP contribution in [-0.2, 0) is 11.2 Å². The van der Waals surface area contributed by atoms with Crippen molar-refractivity contribution in [1.29, 1.82) is 0 Å². The number of aromatic amines is 1. The molecular formula is C24H25N3O3. The fourth-order valence-corrected chi connectivity index (χ4v) is 4.50. The third kappa shape index (κ3) is 3.53. The van der Waals surface area contributed by atoms with Crippen LogP contribution in [0.3, 0.4) is 0 Å². The second-order valence-electron chi connectivity index (χ2n) is 7.97. The van der Waals surface area contributed by atoms with E-state index in [4.69, 9.17) is 4.74 Å². The number of aromatic nitrogens is 1. The van der Waals surface area contributed by atoms with Gasteiger partial charge in [0.05, 0.1) is 18.9 Å². The van der Waals surface area contributed by atoms with Crippen LogP contribution in [0, 0.1) is 0 Å². The zero-order valence-corrected chi connectivity index (χ0v) is 16.9. The molecule has 0 bridgehead atoms. The molecule has 2 heterocycles. The summed E-state index contributed by atoms with van der Waals surface area (Å²) in [6.07, 6.45) is 1.65. The quantitative estimate of drug-likeness (QED) is 0.502. The Labute approximate surface area is 174 Å². The van der Waals surface area contributed by atoms with Crippen molar-refractivity contribution in [2.45, 2.75) is 12.8 Å². The number of fused-ring (bicyclic) bond motifs is 5. The number of amides is 1. The molecule has 1 fully saturated rings. The van der Waals surface area contributed by atoms with Crippen molar-refractivity contribution in [2.24, 2.45) is 0 Å². The highest BCUT2D eigenvalue weighted by molar-refractivity contribution is 5.97. The average molecular weight is 403 g/mol. The van der Waals surface area contributed by atoms with Crippen LogP contribution in [0.1, 0.15) is 27.9 Å². The summed E-state index contributed by atoms with van der Waals surface area (Å²) in [6.45, 7) is 5.16. The van der Waals surface area contributed by atoms with Gasteiger partial charge in [-0.25, -0.2) is 0 Å². The van der Waals surface area contributed by atoms with E-state index in [1.54, 1.807) is 0 Å². The normalized spacial score (nSPS) is 15.7. The van der Waals surface area contributed by atoms with Gasteiger partial charge in [-0.15, -0.1) is 0 Å². The zero-order valence-electron chi connectivity index (χ0n) is 16.9. The maximum atomic E-state index is 12.6. The Morgan fingerprint density at radius 1 is 1.10 bits per heavy atom. The van der Waals surface area contributed by atoms with Crippen LogP contribution < -0.4 is 10.9 Å². The molecule has 0 unspecified atom stereocenters. The predicted molar refractivity (Wildman–Crippen MR) is 117 cm³/mol. The van der Waals surface area contributed by atoms with Crippen LogP contribution >= 0.6 is 0 Å². The van der Waals surface area contributed by atoms with Gasteiger partial charge in [0, 0.05) is 42.6 Å². The third-order valence-electron chi connectivity index (χ3n) is 6.08. The molecule has 1 amide bonds. The van der Waals surface area contributed by atoms with Gasteiger partial charge in [-0.3, -0.25) is 14.5 Å². The molecule has 0 spiro atoms. The molecule has 5 rings (SSSR count). The van der Waals surface area contributed by atoms with Crippen LogP contribution in [0.25, 0.3) is 22.0 Å². The highest BCUT2D eigenvalue weighted by Gasteiger charge is 2.23. The summed E-state index contributed by atoms with van der Waals surface area (Å²) in [6, 6.07) is 13.5. The minimum atomic E-state index is -0.0701. The van der Waals surface area contributed by atoms with E-state index >= 15 is 0 Å². The summed E-state index contributed by atoms with van der Waals surface area (Å²) in [5.74, 6) is -0.0471.